The molecule has 0 amide bonds. The predicted octanol–water partition coefficient (Wildman–Crippen LogP) is 0.834. The summed E-state index contributed by atoms with van der Waals surface area (Å²) in [4.78, 5) is 13.0. The zero-order chi connectivity index (χ0) is 16.3. The summed E-state index contributed by atoms with van der Waals surface area (Å²) in [5.74, 6) is -1.12. The fraction of sp³-hybridized carbons (Fsp3) is 0.615. The van der Waals surface area contributed by atoms with Crippen molar-refractivity contribution >= 4 is 27.3 Å². The lowest BCUT2D eigenvalue weighted by Gasteiger charge is -2.36. The maximum Gasteiger partial charge on any atom is 0.345 e. The average molecular weight is 348 g/mol. The molecule has 124 valence electrons. The van der Waals surface area contributed by atoms with Crippen LogP contribution in [-0.2, 0) is 14.8 Å². The van der Waals surface area contributed by atoms with Gasteiger partial charge in [-0.15, -0.1) is 11.3 Å². The van der Waals surface area contributed by atoms with Gasteiger partial charge in [-0.05, 0) is 19.9 Å². The van der Waals surface area contributed by atoms with Crippen molar-refractivity contribution in [1.82, 2.24) is 9.62 Å². The molecule has 2 atom stereocenters. The molecule has 7 nitrogen and oxygen atoms in total. The Balaban J connectivity index is 1.90. The van der Waals surface area contributed by atoms with E-state index in [1.807, 2.05) is 13.8 Å². The van der Waals surface area contributed by atoms with E-state index >= 15 is 0 Å². The van der Waals surface area contributed by atoms with Gasteiger partial charge in [-0.1, -0.05) is 0 Å². The summed E-state index contributed by atoms with van der Waals surface area (Å²) in [6.07, 6.45) is 0.141. The van der Waals surface area contributed by atoms with Gasteiger partial charge < -0.3 is 9.84 Å². The van der Waals surface area contributed by atoms with Crippen molar-refractivity contribution in [3.8, 4) is 0 Å². The topological polar surface area (TPSA) is 95.9 Å². The molecular weight excluding hydrogens is 328 g/mol. The van der Waals surface area contributed by atoms with E-state index < -0.39 is 16.0 Å². The van der Waals surface area contributed by atoms with Crippen LogP contribution in [-0.4, -0.2) is 62.8 Å². The van der Waals surface area contributed by atoms with Crippen LogP contribution in [0.5, 0.6) is 0 Å². The highest BCUT2D eigenvalue weighted by atomic mass is 32.2. The molecule has 1 saturated heterocycles. The highest BCUT2D eigenvalue weighted by molar-refractivity contribution is 7.89. The van der Waals surface area contributed by atoms with Crippen LogP contribution in [0, 0.1) is 0 Å². The molecule has 2 unspecified atom stereocenters. The lowest BCUT2D eigenvalue weighted by atomic mass is 10.2. The molecule has 0 radical (unpaired) electrons. The normalized spacial score (nSPS) is 23.5. The third-order valence-electron chi connectivity index (χ3n) is 3.52. The molecule has 0 aliphatic carbocycles. The number of carbonyl (C=O) groups is 1. The molecule has 1 aromatic rings. The number of hydrogen-bond donors (Lipinski definition) is 2. The lowest BCUT2D eigenvalue weighted by molar-refractivity contribution is -0.0482. The molecule has 1 aromatic heterocycles. The first-order chi connectivity index (χ1) is 10.3. The largest absolute Gasteiger partial charge is 0.477 e. The molecule has 1 fully saturated rings. The molecule has 22 heavy (non-hydrogen) atoms. The summed E-state index contributed by atoms with van der Waals surface area (Å²) < 4.78 is 32.3. The van der Waals surface area contributed by atoms with Crippen LogP contribution in [0.3, 0.4) is 0 Å². The Morgan fingerprint density at radius 2 is 2.27 bits per heavy atom. The van der Waals surface area contributed by atoms with Crippen molar-refractivity contribution in [2.75, 3.05) is 26.2 Å². The number of aromatic carboxylic acids is 1. The molecule has 1 aliphatic rings. The second-order valence-electron chi connectivity index (χ2n) is 5.34. The van der Waals surface area contributed by atoms with E-state index in [0.29, 0.717) is 13.2 Å². The summed E-state index contributed by atoms with van der Waals surface area (Å²) in [6, 6.07) is 1.43. The number of sulfonamides is 1. The average Bonchev–Trinajstić information content (AvgIpc) is 2.93. The number of ether oxygens (including phenoxy) is 1. The number of thiophene rings is 1. The minimum Gasteiger partial charge on any atom is -0.477 e. The summed E-state index contributed by atoms with van der Waals surface area (Å²) in [5, 5.41) is 10.2. The van der Waals surface area contributed by atoms with Gasteiger partial charge in [-0.2, -0.15) is 0 Å². The maximum absolute atomic E-state index is 12.1. The van der Waals surface area contributed by atoms with Crippen LogP contribution in [0.4, 0.5) is 0 Å². The van der Waals surface area contributed by atoms with Gasteiger partial charge in [-0.3, -0.25) is 4.90 Å². The molecule has 2 rings (SSSR count). The minimum absolute atomic E-state index is 0.00158. The standard InChI is InChI=1S/C13H20N2O5S2/c1-9-7-20-10(2)6-15(9)4-3-14-22(18,19)11-5-12(13(16)17)21-8-11/h5,8-10,14H,3-4,6-7H2,1-2H3,(H,16,17). The van der Waals surface area contributed by atoms with Crippen molar-refractivity contribution in [2.24, 2.45) is 0 Å². The van der Waals surface area contributed by atoms with Crippen molar-refractivity contribution in [3.05, 3.63) is 16.3 Å². The molecule has 1 aliphatic heterocycles. The Bertz CT molecular complexity index is 628. The first-order valence-corrected chi connectivity index (χ1v) is 9.33. The Morgan fingerprint density at radius 1 is 1.55 bits per heavy atom. The number of hydrogen-bond acceptors (Lipinski definition) is 6. The zero-order valence-electron chi connectivity index (χ0n) is 12.5. The first kappa shape index (κ1) is 17.4. The van der Waals surface area contributed by atoms with Crippen molar-refractivity contribution in [2.45, 2.75) is 30.9 Å². The first-order valence-electron chi connectivity index (χ1n) is 6.96. The van der Waals surface area contributed by atoms with Crippen LogP contribution in [0.2, 0.25) is 0 Å². The Morgan fingerprint density at radius 3 is 2.91 bits per heavy atom. The molecule has 0 spiro atoms. The third-order valence-corrected chi connectivity index (χ3v) is 6.03. The van der Waals surface area contributed by atoms with Gasteiger partial charge in [0.25, 0.3) is 0 Å². The van der Waals surface area contributed by atoms with Crippen molar-refractivity contribution in [1.29, 1.82) is 0 Å². The van der Waals surface area contributed by atoms with E-state index in [1.165, 1.54) is 11.4 Å². The van der Waals surface area contributed by atoms with Crippen molar-refractivity contribution in [3.63, 3.8) is 0 Å². The fourth-order valence-corrected chi connectivity index (χ4v) is 4.39. The second-order valence-corrected chi connectivity index (χ2v) is 8.02. The number of carboxylic acid groups (broad SMARTS) is 1. The Kier molecular flexibility index (Phi) is 5.56. The van der Waals surface area contributed by atoms with Crippen LogP contribution < -0.4 is 4.72 Å². The highest BCUT2D eigenvalue weighted by Gasteiger charge is 2.24. The molecule has 9 heteroatoms. The van der Waals surface area contributed by atoms with E-state index in [1.54, 1.807) is 0 Å². The van der Waals surface area contributed by atoms with Gasteiger partial charge in [0.15, 0.2) is 0 Å². The summed E-state index contributed by atoms with van der Waals surface area (Å²) in [6.45, 7) is 6.30. The van der Waals surface area contributed by atoms with E-state index in [4.69, 9.17) is 9.84 Å². The van der Waals surface area contributed by atoms with E-state index in [-0.39, 0.29) is 28.5 Å². The van der Waals surface area contributed by atoms with Gasteiger partial charge in [0.05, 0.1) is 17.6 Å². The predicted molar refractivity (Wildman–Crippen MR) is 82.9 cm³/mol. The quantitative estimate of drug-likeness (QED) is 0.791. The SMILES string of the molecule is CC1CN(CCNS(=O)(=O)c2csc(C(=O)O)c2)C(C)CO1. The summed E-state index contributed by atoms with van der Waals surface area (Å²) >= 11 is 0.901. The number of morpholine rings is 1. The van der Waals surface area contributed by atoms with Gasteiger partial charge in [0.2, 0.25) is 10.0 Å². The number of carboxylic acids is 1. The highest BCUT2D eigenvalue weighted by Crippen LogP contribution is 2.19. The summed E-state index contributed by atoms with van der Waals surface area (Å²) in [7, 11) is -3.67. The summed E-state index contributed by atoms with van der Waals surface area (Å²) in [5.41, 5.74) is 0. The molecule has 2 N–H and O–H groups in total. The smallest absolute Gasteiger partial charge is 0.345 e. The Labute approximate surface area is 133 Å². The minimum atomic E-state index is -3.67. The van der Waals surface area contributed by atoms with Crippen LogP contribution >= 0.6 is 11.3 Å². The van der Waals surface area contributed by atoms with Crippen LogP contribution in [0.15, 0.2) is 16.3 Å². The Hall–Kier alpha value is -1.00. The number of nitrogens with zero attached hydrogens (tertiary/aromatic N) is 1. The third kappa shape index (κ3) is 4.26. The fourth-order valence-electron chi connectivity index (χ4n) is 2.26. The monoisotopic (exact) mass is 348 g/mol. The van der Waals surface area contributed by atoms with Gasteiger partial charge in [0.1, 0.15) is 4.88 Å². The molecule has 0 bridgehead atoms. The number of nitrogens with one attached hydrogen (secondary N) is 1. The molecular formula is C13H20N2O5S2. The van der Waals surface area contributed by atoms with Gasteiger partial charge in [0, 0.05) is 31.1 Å². The van der Waals surface area contributed by atoms with Crippen LogP contribution in [0.25, 0.3) is 0 Å². The lowest BCUT2D eigenvalue weighted by Crippen LogP contribution is -2.49. The molecule has 0 aromatic carbocycles. The van der Waals surface area contributed by atoms with Crippen molar-refractivity contribution < 1.29 is 23.1 Å². The number of rotatable bonds is 6. The van der Waals surface area contributed by atoms with E-state index in [2.05, 4.69) is 9.62 Å². The van der Waals surface area contributed by atoms with Crippen LogP contribution in [0.1, 0.15) is 23.5 Å². The van der Waals surface area contributed by atoms with Gasteiger partial charge >= 0.3 is 5.97 Å². The zero-order valence-corrected chi connectivity index (χ0v) is 14.1. The maximum atomic E-state index is 12.1. The molecule has 0 saturated carbocycles. The van der Waals surface area contributed by atoms with E-state index in [0.717, 1.165) is 17.9 Å². The molecule has 2 heterocycles. The van der Waals surface area contributed by atoms with Gasteiger partial charge in [-0.25, -0.2) is 17.9 Å². The second kappa shape index (κ2) is 7.05. The van der Waals surface area contributed by atoms with E-state index in [9.17, 15) is 13.2 Å².